The Kier molecular flexibility index (Phi) is 8.42. The van der Waals surface area contributed by atoms with E-state index >= 15 is 0 Å². The smallest absolute Gasteiger partial charge is 0.294 e. The molecule has 3 amide bonds. The van der Waals surface area contributed by atoms with Gasteiger partial charge in [0.1, 0.15) is 13.2 Å². The molecule has 0 spiro atoms. The molecule has 1 fully saturated rings. The Morgan fingerprint density at radius 1 is 0.975 bits per heavy atom. The highest BCUT2D eigenvalue weighted by molar-refractivity contribution is 8.18. The standard InChI is InChI=1S/C31H26N2O5S2/c1-37-27-15-20(13-14-26(27)38-19-22-9-5-8-21-7-3-4-12-25(21)22)16-28-30(35)33(31(36)40-28)18-29(34)32-23-10-6-11-24(17-23)39-2/h3-17H,18-19H2,1-2H3,(H,32,34)/b28-16+. The fourth-order valence-electron chi connectivity index (χ4n) is 4.30. The van der Waals surface area contributed by atoms with Gasteiger partial charge in [-0.3, -0.25) is 19.3 Å². The lowest BCUT2D eigenvalue weighted by Crippen LogP contribution is -2.36. The van der Waals surface area contributed by atoms with Crippen molar-refractivity contribution in [2.75, 3.05) is 25.2 Å². The molecule has 0 aliphatic carbocycles. The molecule has 1 saturated heterocycles. The number of hydrogen-bond acceptors (Lipinski definition) is 7. The van der Waals surface area contributed by atoms with Crippen molar-refractivity contribution < 1.29 is 23.9 Å². The van der Waals surface area contributed by atoms with Crippen molar-refractivity contribution >= 4 is 63.1 Å². The van der Waals surface area contributed by atoms with E-state index in [2.05, 4.69) is 23.5 Å². The van der Waals surface area contributed by atoms with E-state index in [4.69, 9.17) is 9.47 Å². The lowest BCUT2D eigenvalue weighted by atomic mass is 10.1. The van der Waals surface area contributed by atoms with E-state index in [1.165, 1.54) is 0 Å². The molecule has 1 aliphatic heterocycles. The Morgan fingerprint density at radius 3 is 2.60 bits per heavy atom. The monoisotopic (exact) mass is 570 g/mol. The number of nitrogens with one attached hydrogen (secondary N) is 1. The molecule has 1 heterocycles. The summed E-state index contributed by atoms with van der Waals surface area (Å²) in [4.78, 5) is 40.3. The van der Waals surface area contributed by atoms with Crippen LogP contribution in [0.5, 0.6) is 11.5 Å². The molecule has 0 saturated carbocycles. The fourth-order valence-corrected chi connectivity index (χ4v) is 5.60. The summed E-state index contributed by atoms with van der Waals surface area (Å²) in [7, 11) is 1.55. The topological polar surface area (TPSA) is 84.9 Å². The Labute approximate surface area is 240 Å². The van der Waals surface area contributed by atoms with Crippen LogP contribution in [0.2, 0.25) is 0 Å². The van der Waals surface area contributed by atoms with Gasteiger partial charge in [-0.2, -0.15) is 0 Å². The maximum absolute atomic E-state index is 13.0. The van der Waals surface area contributed by atoms with Crippen LogP contribution >= 0.6 is 23.5 Å². The average molecular weight is 571 g/mol. The van der Waals surface area contributed by atoms with Gasteiger partial charge in [0.2, 0.25) is 5.91 Å². The maximum atomic E-state index is 13.0. The first-order chi connectivity index (χ1) is 19.4. The van der Waals surface area contributed by atoms with Crippen LogP contribution in [0.15, 0.2) is 94.7 Å². The number of carbonyl (C=O) groups is 3. The predicted octanol–water partition coefficient (Wildman–Crippen LogP) is 6.82. The summed E-state index contributed by atoms with van der Waals surface area (Å²) in [6, 6.07) is 26.9. The van der Waals surface area contributed by atoms with Crippen molar-refractivity contribution in [2.24, 2.45) is 0 Å². The number of imide groups is 1. The summed E-state index contributed by atoms with van der Waals surface area (Å²) in [6.45, 7) is -0.00461. The molecular formula is C31H26N2O5S2. The van der Waals surface area contributed by atoms with Crippen LogP contribution in [0.3, 0.4) is 0 Å². The van der Waals surface area contributed by atoms with Crippen molar-refractivity contribution in [3.8, 4) is 11.5 Å². The van der Waals surface area contributed by atoms with Crippen molar-refractivity contribution in [1.29, 1.82) is 0 Å². The zero-order valence-corrected chi connectivity index (χ0v) is 23.5. The molecule has 0 aromatic heterocycles. The molecule has 4 aromatic rings. The van der Waals surface area contributed by atoms with E-state index in [1.807, 2.05) is 48.7 Å². The number of fused-ring (bicyclic) bond motifs is 1. The second-order valence-corrected chi connectivity index (χ2v) is 10.8. The number of benzene rings is 4. The van der Waals surface area contributed by atoms with E-state index in [0.717, 1.165) is 37.9 Å². The Balaban J connectivity index is 1.26. The average Bonchev–Trinajstić information content (AvgIpc) is 3.23. The van der Waals surface area contributed by atoms with Gasteiger partial charge >= 0.3 is 0 Å². The van der Waals surface area contributed by atoms with Crippen LogP contribution in [0.4, 0.5) is 10.5 Å². The van der Waals surface area contributed by atoms with Crippen molar-refractivity contribution in [1.82, 2.24) is 4.90 Å². The van der Waals surface area contributed by atoms with E-state index in [-0.39, 0.29) is 11.4 Å². The van der Waals surface area contributed by atoms with Crippen LogP contribution in [-0.2, 0) is 16.2 Å². The first-order valence-electron chi connectivity index (χ1n) is 12.4. The third-order valence-corrected chi connectivity index (χ3v) is 7.91. The molecule has 0 atom stereocenters. The molecule has 7 nitrogen and oxygen atoms in total. The van der Waals surface area contributed by atoms with Gasteiger partial charge in [-0.05, 0) is 76.3 Å². The fraction of sp³-hybridized carbons (Fsp3) is 0.129. The molecule has 0 radical (unpaired) electrons. The van der Waals surface area contributed by atoms with Crippen molar-refractivity contribution in [2.45, 2.75) is 11.5 Å². The van der Waals surface area contributed by atoms with Gasteiger partial charge in [0.15, 0.2) is 11.5 Å². The van der Waals surface area contributed by atoms with Gasteiger partial charge < -0.3 is 14.8 Å². The van der Waals surface area contributed by atoms with E-state index in [1.54, 1.807) is 49.2 Å². The summed E-state index contributed by atoms with van der Waals surface area (Å²) in [5, 5.41) is 4.52. The van der Waals surface area contributed by atoms with Gasteiger partial charge in [0.25, 0.3) is 11.1 Å². The third kappa shape index (κ3) is 6.16. The number of carbonyl (C=O) groups excluding carboxylic acids is 3. The number of thioether (sulfide) groups is 2. The van der Waals surface area contributed by atoms with E-state index < -0.39 is 17.1 Å². The first-order valence-corrected chi connectivity index (χ1v) is 14.5. The first kappa shape index (κ1) is 27.4. The number of nitrogens with zero attached hydrogens (tertiary/aromatic N) is 1. The third-order valence-electron chi connectivity index (χ3n) is 6.28. The number of anilines is 1. The second kappa shape index (κ2) is 12.3. The molecule has 5 rings (SSSR count). The van der Waals surface area contributed by atoms with Crippen LogP contribution < -0.4 is 14.8 Å². The zero-order valence-electron chi connectivity index (χ0n) is 21.9. The minimum Gasteiger partial charge on any atom is -0.493 e. The van der Waals surface area contributed by atoms with Crippen LogP contribution in [-0.4, -0.2) is 41.9 Å². The summed E-state index contributed by atoms with van der Waals surface area (Å²) in [5.41, 5.74) is 2.33. The van der Waals surface area contributed by atoms with Gasteiger partial charge in [0, 0.05) is 10.6 Å². The highest BCUT2D eigenvalue weighted by Crippen LogP contribution is 2.35. The summed E-state index contributed by atoms with van der Waals surface area (Å²) in [5.74, 6) is 0.0948. The summed E-state index contributed by atoms with van der Waals surface area (Å²) >= 11 is 2.35. The molecule has 9 heteroatoms. The second-order valence-electron chi connectivity index (χ2n) is 8.89. The molecule has 1 aliphatic rings. The molecule has 4 aromatic carbocycles. The van der Waals surface area contributed by atoms with Gasteiger partial charge in [-0.1, -0.05) is 54.6 Å². The minimum absolute atomic E-state index is 0.230. The molecule has 0 unspecified atom stereocenters. The van der Waals surface area contributed by atoms with Gasteiger partial charge in [-0.25, -0.2) is 0 Å². The molecule has 40 heavy (non-hydrogen) atoms. The Bertz CT molecular complexity index is 1630. The maximum Gasteiger partial charge on any atom is 0.294 e. The van der Waals surface area contributed by atoms with Crippen molar-refractivity contribution in [3.63, 3.8) is 0 Å². The molecule has 0 bridgehead atoms. The Hall–Kier alpha value is -4.21. The molecule has 1 N–H and O–H groups in total. The predicted molar refractivity (Wildman–Crippen MR) is 161 cm³/mol. The SMILES string of the molecule is COc1cc(/C=C2/SC(=O)N(CC(=O)Nc3cccc(SC)c3)C2=O)ccc1OCc1cccc2ccccc12. The zero-order chi connectivity index (χ0) is 28.1. The lowest BCUT2D eigenvalue weighted by molar-refractivity contribution is -0.127. The van der Waals surface area contributed by atoms with Crippen molar-refractivity contribution in [3.05, 3.63) is 101 Å². The van der Waals surface area contributed by atoms with E-state index in [0.29, 0.717) is 29.4 Å². The Morgan fingerprint density at radius 2 is 1.77 bits per heavy atom. The number of methoxy groups -OCH3 is 1. The van der Waals surface area contributed by atoms with Gasteiger partial charge in [-0.15, -0.1) is 11.8 Å². The number of rotatable bonds is 9. The van der Waals surface area contributed by atoms with Crippen LogP contribution in [0.1, 0.15) is 11.1 Å². The number of amides is 3. The molecule has 202 valence electrons. The van der Waals surface area contributed by atoms with Crippen LogP contribution in [0.25, 0.3) is 16.8 Å². The molecular weight excluding hydrogens is 544 g/mol. The lowest BCUT2D eigenvalue weighted by Gasteiger charge is -2.13. The normalized spacial score (nSPS) is 14.2. The quantitative estimate of drug-likeness (QED) is 0.175. The highest BCUT2D eigenvalue weighted by Gasteiger charge is 2.36. The number of hydrogen-bond donors (Lipinski definition) is 1. The largest absolute Gasteiger partial charge is 0.493 e. The number of ether oxygens (including phenoxy) is 2. The summed E-state index contributed by atoms with van der Waals surface area (Å²) in [6.07, 6.45) is 3.55. The highest BCUT2D eigenvalue weighted by atomic mass is 32.2. The van der Waals surface area contributed by atoms with Crippen LogP contribution in [0, 0.1) is 0 Å². The minimum atomic E-state index is -0.515. The van der Waals surface area contributed by atoms with E-state index in [9.17, 15) is 14.4 Å². The summed E-state index contributed by atoms with van der Waals surface area (Å²) < 4.78 is 11.6. The van der Waals surface area contributed by atoms with Gasteiger partial charge in [0.05, 0.1) is 12.0 Å².